The van der Waals surface area contributed by atoms with Crippen LogP contribution in [-0.2, 0) is 20.8 Å². The predicted octanol–water partition coefficient (Wildman–Crippen LogP) is 3.79. The van der Waals surface area contributed by atoms with Crippen LogP contribution in [0.25, 0.3) is 0 Å². The number of benzene rings is 1. The molecule has 1 N–H and O–H groups in total. The lowest BCUT2D eigenvalue weighted by Gasteiger charge is -2.36. The Morgan fingerprint density at radius 1 is 1.15 bits per heavy atom. The molecule has 2 aliphatic heterocycles. The quantitative estimate of drug-likeness (QED) is 0.668. The number of carbonyl (C=O) groups is 1. The van der Waals surface area contributed by atoms with E-state index in [0.29, 0.717) is 25.7 Å². The average molecular weight is 461 g/mol. The van der Waals surface area contributed by atoms with E-state index < -0.39 is 17.9 Å². The number of β-amino-alcohol motifs (C(OH)–C–C–N with tert-alkyl or cyclic N) is 1. The number of hydrogen-bond acceptors (Lipinski definition) is 6. The van der Waals surface area contributed by atoms with E-state index in [4.69, 9.17) is 14.2 Å². The van der Waals surface area contributed by atoms with Crippen LogP contribution in [0.2, 0.25) is 0 Å². The van der Waals surface area contributed by atoms with Crippen LogP contribution in [-0.4, -0.2) is 77.8 Å². The van der Waals surface area contributed by atoms with E-state index in [1.54, 1.807) is 4.90 Å². The van der Waals surface area contributed by atoms with Gasteiger partial charge in [-0.05, 0) is 31.7 Å². The van der Waals surface area contributed by atoms with Gasteiger partial charge in [-0.15, -0.1) is 0 Å². The number of morpholine rings is 1. The highest BCUT2D eigenvalue weighted by atomic mass is 16.6. The maximum atomic E-state index is 13.4. The zero-order chi connectivity index (χ0) is 23.3. The minimum absolute atomic E-state index is 0.206. The molecule has 2 saturated heterocycles. The first-order valence-electron chi connectivity index (χ1n) is 12.6. The fourth-order valence-corrected chi connectivity index (χ4v) is 5.65. The van der Waals surface area contributed by atoms with Crippen LogP contribution in [0.15, 0.2) is 30.3 Å². The molecule has 1 saturated carbocycles. The lowest BCUT2D eigenvalue weighted by Crippen LogP contribution is -2.51. The summed E-state index contributed by atoms with van der Waals surface area (Å²) >= 11 is 0. The minimum Gasteiger partial charge on any atom is -0.444 e. The Labute approximate surface area is 198 Å². The zero-order valence-corrected chi connectivity index (χ0v) is 20.2. The van der Waals surface area contributed by atoms with Crippen LogP contribution >= 0.6 is 0 Å². The smallest absolute Gasteiger partial charge is 0.412 e. The van der Waals surface area contributed by atoms with Gasteiger partial charge in [0, 0.05) is 19.6 Å². The molecule has 0 spiro atoms. The van der Waals surface area contributed by atoms with Crippen LogP contribution < -0.4 is 0 Å². The summed E-state index contributed by atoms with van der Waals surface area (Å²) < 4.78 is 17.6. The SMILES string of the molecule is CC1(C)OC(C(O)CN2CCOCC2)[C@H](CC2CCCCC2)N1C(=O)OCc1ccccc1. The molecule has 184 valence electrons. The Morgan fingerprint density at radius 2 is 1.85 bits per heavy atom. The summed E-state index contributed by atoms with van der Waals surface area (Å²) in [5, 5.41) is 11.3. The van der Waals surface area contributed by atoms with Gasteiger partial charge in [0.05, 0.1) is 25.4 Å². The summed E-state index contributed by atoms with van der Waals surface area (Å²) in [6.45, 7) is 7.56. The van der Waals surface area contributed by atoms with E-state index in [2.05, 4.69) is 4.90 Å². The first-order valence-corrected chi connectivity index (χ1v) is 12.6. The number of rotatable bonds is 7. The Bertz CT molecular complexity index is 746. The van der Waals surface area contributed by atoms with Gasteiger partial charge in [0.25, 0.3) is 0 Å². The largest absolute Gasteiger partial charge is 0.444 e. The van der Waals surface area contributed by atoms with E-state index in [9.17, 15) is 9.90 Å². The Kier molecular flexibility index (Phi) is 8.28. The third-order valence-electron chi connectivity index (χ3n) is 7.35. The Morgan fingerprint density at radius 3 is 2.55 bits per heavy atom. The van der Waals surface area contributed by atoms with Gasteiger partial charge in [-0.2, -0.15) is 0 Å². The summed E-state index contributed by atoms with van der Waals surface area (Å²) in [7, 11) is 0. The Balaban J connectivity index is 1.49. The third-order valence-corrected chi connectivity index (χ3v) is 7.35. The van der Waals surface area contributed by atoms with Crippen molar-refractivity contribution in [2.45, 2.75) is 83.0 Å². The van der Waals surface area contributed by atoms with Gasteiger partial charge in [-0.1, -0.05) is 62.4 Å². The molecule has 33 heavy (non-hydrogen) atoms. The van der Waals surface area contributed by atoms with Gasteiger partial charge in [0.15, 0.2) is 0 Å². The predicted molar refractivity (Wildman–Crippen MR) is 126 cm³/mol. The highest BCUT2D eigenvalue weighted by Crippen LogP contribution is 2.40. The summed E-state index contributed by atoms with van der Waals surface area (Å²) in [5.41, 5.74) is 0.112. The van der Waals surface area contributed by atoms with Crippen molar-refractivity contribution in [1.82, 2.24) is 9.80 Å². The van der Waals surface area contributed by atoms with Crippen molar-refractivity contribution in [2.24, 2.45) is 5.92 Å². The second-order valence-electron chi connectivity index (χ2n) is 10.2. The van der Waals surface area contributed by atoms with Crippen molar-refractivity contribution in [3.05, 3.63) is 35.9 Å². The molecular weight excluding hydrogens is 420 g/mol. The van der Waals surface area contributed by atoms with Gasteiger partial charge in [0.1, 0.15) is 18.4 Å². The van der Waals surface area contributed by atoms with Crippen LogP contribution in [0.5, 0.6) is 0 Å². The van der Waals surface area contributed by atoms with Crippen LogP contribution in [0.4, 0.5) is 4.79 Å². The fourth-order valence-electron chi connectivity index (χ4n) is 5.65. The van der Waals surface area contributed by atoms with Crippen molar-refractivity contribution in [3.8, 4) is 0 Å². The average Bonchev–Trinajstić information content (AvgIpc) is 3.09. The number of amides is 1. The molecule has 3 atom stereocenters. The second kappa shape index (κ2) is 11.2. The number of hydrogen-bond donors (Lipinski definition) is 1. The van der Waals surface area contributed by atoms with E-state index >= 15 is 0 Å². The van der Waals surface area contributed by atoms with Gasteiger partial charge >= 0.3 is 6.09 Å². The second-order valence-corrected chi connectivity index (χ2v) is 10.2. The van der Waals surface area contributed by atoms with Crippen LogP contribution in [0.1, 0.15) is 57.9 Å². The molecule has 0 radical (unpaired) electrons. The standard InChI is InChI=1S/C26H40N2O5/c1-26(2)28(25(30)32-19-21-11-7-4-8-12-21)22(17-20-9-5-3-6-10-20)24(33-26)23(29)18-27-13-15-31-16-14-27/h4,7-8,11-12,20,22-24,29H,3,5-6,9-10,13-19H2,1-2H3/t22-,23?,24?/m0/s1. The fraction of sp³-hybridized carbons (Fsp3) is 0.731. The van der Waals surface area contributed by atoms with E-state index in [1.807, 2.05) is 44.2 Å². The molecule has 1 amide bonds. The first kappa shape index (κ1) is 24.5. The maximum absolute atomic E-state index is 13.4. The van der Waals surface area contributed by atoms with Crippen LogP contribution in [0, 0.1) is 5.92 Å². The first-order chi connectivity index (χ1) is 15.9. The van der Waals surface area contributed by atoms with E-state index in [0.717, 1.165) is 25.1 Å². The molecule has 7 nitrogen and oxygen atoms in total. The number of nitrogens with zero attached hydrogens (tertiary/aromatic N) is 2. The lowest BCUT2D eigenvalue weighted by atomic mass is 9.82. The lowest BCUT2D eigenvalue weighted by molar-refractivity contribution is -0.107. The number of aliphatic hydroxyl groups excluding tert-OH is 1. The summed E-state index contributed by atoms with van der Waals surface area (Å²) in [5.74, 6) is 0.545. The van der Waals surface area contributed by atoms with E-state index in [1.165, 1.54) is 32.1 Å². The van der Waals surface area contributed by atoms with E-state index in [-0.39, 0.29) is 18.7 Å². The molecule has 1 aromatic carbocycles. The van der Waals surface area contributed by atoms with Crippen molar-refractivity contribution < 1.29 is 24.1 Å². The molecule has 3 fully saturated rings. The molecule has 0 bridgehead atoms. The number of aliphatic hydroxyl groups is 1. The zero-order valence-electron chi connectivity index (χ0n) is 20.2. The number of ether oxygens (including phenoxy) is 3. The molecule has 1 aliphatic carbocycles. The van der Waals surface area contributed by atoms with Crippen LogP contribution in [0.3, 0.4) is 0 Å². The molecule has 2 unspecified atom stereocenters. The molecule has 3 aliphatic rings. The molecule has 2 heterocycles. The maximum Gasteiger partial charge on any atom is 0.412 e. The summed E-state index contributed by atoms with van der Waals surface area (Å²) in [6.07, 6.45) is 5.47. The molecule has 0 aromatic heterocycles. The molecular formula is C26H40N2O5. The van der Waals surface area contributed by atoms with Gasteiger partial charge < -0.3 is 19.3 Å². The van der Waals surface area contributed by atoms with Crippen molar-refractivity contribution in [1.29, 1.82) is 0 Å². The normalized spacial score (nSPS) is 27.4. The molecule has 1 aromatic rings. The summed E-state index contributed by atoms with van der Waals surface area (Å²) in [4.78, 5) is 17.3. The van der Waals surface area contributed by atoms with Crippen molar-refractivity contribution in [3.63, 3.8) is 0 Å². The molecule has 4 rings (SSSR count). The van der Waals surface area contributed by atoms with Gasteiger partial charge in [-0.25, -0.2) is 4.79 Å². The third kappa shape index (κ3) is 6.27. The van der Waals surface area contributed by atoms with Gasteiger partial charge in [0.2, 0.25) is 0 Å². The summed E-state index contributed by atoms with van der Waals surface area (Å²) in [6, 6.07) is 9.53. The minimum atomic E-state index is -0.843. The van der Waals surface area contributed by atoms with Crippen molar-refractivity contribution >= 4 is 6.09 Å². The highest BCUT2D eigenvalue weighted by Gasteiger charge is 2.53. The number of carbonyl (C=O) groups excluding carboxylic acids is 1. The monoisotopic (exact) mass is 460 g/mol. The van der Waals surface area contributed by atoms with Gasteiger partial charge in [-0.3, -0.25) is 9.80 Å². The Hall–Kier alpha value is -1.67. The van der Waals surface area contributed by atoms with Crippen molar-refractivity contribution in [2.75, 3.05) is 32.8 Å². The highest BCUT2D eigenvalue weighted by molar-refractivity contribution is 5.69. The topological polar surface area (TPSA) is 71.5 Å². The molecule has 7 heteroatoms.